The molecule has 0 spiro atoms. The molecule has 4 aromatic rings. The van der Waals surface area contributed by atoms with Gasteiger partial charge in [-0.3, -0.25) is 0 Å². The molecule has 0 saturated heterocycles. The highest BCUT2D eigenvalue weighted by Crippen LogP contribution is 2.45. The second-order valence-electron chi connectivity index (χ2n) is 13.2. The summed E-state index contributed by atoms with van der Waals surface area (Å²) >= 11 is 0. The number of hydrogen-bond acceptors (Lipinski definition) is 4. The molecule has 4 aromatic carbocycles. The first kappa shape index (κ1) is 30.4. The van der Waals surface area contributed by atoms with E-state index in [4.69, 9.17) is 9.47 Å². The Labute approximate surface area is 266 Å². The van der Waals surface area contributed by atoms with Crippen LogP contribution < -0.4 is 10.6 Å². The van der Waals surface area contributed by atoms with Gasteiger partial charge in [0.2, 0.25) is 0 Å². The molecule has 6 heteroatoms. The zero-order valence-electron chi connectivity index (χ0n) is 26.3. The summed E-state index contributed by atoms with van der Waals surface area (Å²) < 4.78 is 11.4. The molecule has 0 aliphatic heterocycles. The number of ether oxygens (including phenoxy) is 2. The fraction of sp³-hybridized carbons (Fsp3) is 0.333. The minimum absolute atomic E-state index is 0.0289. The quantitative estimate of drug-likeness (QED) is 0.180. The van der Waals surface area contributed by atoms with Crippen LogP contribution in [0.15, 0.2) is 97.1 Å². The number of benzene rings is 4. The number of carbonyl (C=O) groups excluding carboxylic acids is 2. The van der Waals surface area contributed by atoms with Crippen molar-refractivity contribution in [1.29, 1.82) is 0 Å². The van der Waals surface area contributed by atoms with Gasteiger partial charge in [0.1, 0.15) is 13.2 Å². The van der Waals surface area contributed by atoms with Crippen LogP contribution in [0.1, 0.15) is 67.7 Å². The van der Waals surface area contributed by atoms with Crippen molar-refractivity contribution in [3.63, 3.8) is 0 Å². The molecular formula is C39H42N2O4. The zero-order valence-corrected chi connectivity index (χ0v) is 26.3. The van der Waals surface area contributed by atoms with E-state index in [0.717, 1.165) is 12.8 Å². The maximum absolute atomic E-state index is 12.6. The van der Waals surface area contributed by atoms with Gasteiger partial charge in [0.25, 0.3) is 0 Å². The highest BCUT2D eigenvalue weighted by Gasteiger charge is 2.30. The van der Waals surface area contributed by atoms with Gasteiger partial charge in [-0.2, -0.15) is 0 Å². The summed E-state index contributed by atoms with van der Waals surface area (Å²) in [5.41, 5.74) is 9.64. The van der Waals surface area contributed by atoms with E-state index in [0.29, 0.717) is 26.3 Å². The van der Waals surface area contributed by atoms with Crippen LogP contribution in [-0.2, 0) is 9.47 Å². The summed E-state index contributed by atoms with van der Waals surface area (Å²) in [6.07, 6.45) is 0.909. The molecule has 2 amide bonds. The van der Waals surface area contributed by atoms with E-state index in [9.17, 15) is 9.59 Å². The van der Waals surface area contributed by atoms with E-state index in [1.165, 1.54) is 44.5 Å². The van der Waals surface area contributed by atoms with Gasteiger partial charge >= 0.3 is 12.2 Å². The standard InChI is InChI=1S/C39H42N2O4/c1-26(23-41-38(43)45-25-36-33-18-10-6-14-29(33)30-15-7-11-19-34(30)36)22-39(2,3)20-21-40-37(42)44-24-35-31-16-8-4-12-27(31)28-13-5-9-17-32(28)35/h4-19,26,35-36H,20-25H2,1-3H3,(H,40,42)(H,41,43). The van der Waals surface area contributed by atoms with Crippen molar-refractivity contribution in [3.05, 3.63) is 119 Å². The van der Waals surface area contributed by atoms with Crippen molar-refractivity contribution in [2.45, 2.75) is 45.4 Å². The summed E-state index contributed by atoms with van der Waals surface area (Å²) in [7, 11) is 0. The Balaban J connectivity index is 0.907. The average Bonchev–Trinajstić information content (AvgIpc) is 3.54. The first-order chi connectivity index (χ1) is 21.8. The van der Waals surface area contributed by atoms with Gasteiger partial charge in [-0.1, -0.05) is 118 Å². The Morgan fingerprint density at radius 3 is 1.44 bits per heavy atom. The Morgan fingerprint density at radius 1 is 0.644 bits per heavy atom. The topological polar surface area (TPSA) is 76.7 Å². The number of hydrogen-bond donors (Lipinski definition) is 2. The number of alkyl carbamates (subject to hydrolysis) is 2. The van der Waals surface area contributed by atoms with Gasteiger partial charge < -0.3 is 20.1 Å². The molecule has 6 nitrogen and oxygen atoms in total. The Bertz CT molecular complexity index is 1590. The van der Waals surface area contributed by atoms with Gasteiger partial charge in [-0.25, -0.2) is 9.59 Å². The summed E-state index contributed by atoms with van der Waals surface area (Å²) in [5, 5.41) is 5.90. The minimum Gasteiger partial charge on any atom is -0.449 e. The van der Waals surface area contributed by atoms with E-state index in [1.54, 1.807) is 0 Å². The molecule has 0 radical (unpaired) electrons. The predicted molar refractivity (Wildman–Crippen MR) is 178 cm³/mol. The highest BCUT2D eigenvalue weighted by molar-refractivity contribution is 5.80. The van der Waals surface area contributed by atoms with Gasteiger partial charge in [0.15, 0.2) is 0 Å². The fourth-order valence-electron chi connectivity index (χ4n) is 7.18. The molecule has 6 rings (SSSR count). The lowest BCUT2D eigenvalue weighted by molar-refractivity contribution is 0.137. The maximum Gasteiger partial charge on any atom is 0.407 e. The second-order valence-corrected chi connectivity index (χ2v) is 13.2. The van der Waals surface area contributed by atoms with Crippen LogP contribution in [0.5, 0.6) is 0 Å². The SMILES string of the molecule is CC(CNC(=O)OCC1c2ccccc2-c2ccccc21)CC(C)(C)CCNC(=O)OCC1c2ccccc2-c2ccccc21. The average molecular weight is 603 g/mol. The van der Waals surface area contributed by atoms with Crippen molar-refractivity contribution in [2.24, 2.45) is 11.3 Å². The number of carbonyl (C=O) groups is 2. The molecule has 232 valence electrons. The van der Waals surface area contributed by atoms with E-state index in [1.807, 2.05) is 48.5 Å². The molecule has 0 bridgehead atoms. The summed E-state index contributed by atoms with van der Waals surface area (Å²) in [6.45, 7) is 8.18. The third-order valence-electron chi connectivity index (χ3n) is 9.25. The van der Waals surface area contributed by atoms with Gasteiger partial charge in [0.05, 0.1) is 0 Å². The second kappa shape index (κ2) is 13.2. The lowest BCUT2D eigenvalue weighted by atomic mass is 9.80. The third kappa shape index (κ3) is 6.75. The van der Waals surface area contributed by atoms with E-state index in [-0.39, 0.29) is 23.2 Å². The normalized spacial score (nSPS) is 14.1. The Morgan fingerprint density at radius 2 is 1.02 bits per heavy atom. The third-order valence-corrected chi connectivity index (χ3v) is 9.25. The Hall–Kier alpha value is -4.58. The van der Waals surface area contributed by atoms with Crippen molar-refractivity contribution in [3.8, 4) is 22.3 Å². The van der Waals surface area contributed by atoms with E-state index >= 15 is 0 Å². The first-order valence-corrected chi connectivity index (χ1v) is 16.0. The number of rotatable bonds is 11. The first-order valence-electron chi connectivity index (χ1n) is 16.0. The van der Waals surface area contributed by atoms with Crippen LogP contribution in [0, 0.1) is 11.3 Å². The van der Waals surface area contributed by atoms with Crippen LogP contribution >= 0.6 is 0 Å². The molecule has 2 N–H and O–H groups in total. The largest absolute Gasteiger partial charge is 0.449 e. The molecular weight excluding hydrogens is 560 g/mol. The monoisotopic (exact) mass is 602 g/mol. The molecule has 0 aromatic heterocycles. The van der Waals surface area contributed by atoms with Crippen molar-refractivity contribution >= 4 is 12.2 Å². The summed E-state index contributed by atoms with van der Waals surface area (Å²) in [4.78, 5) is 25.2. The molecule has 0 saturated carbocycles. The molecule has 1 atom stereocenters. The lowest BCUT2D eigenvalue weighted by Crippen LogP contribution is -2.33. The summed E-state index contributed by atoms with van der Waals surface area (Å²) in [5.74, 6) is 0.336. The lowest BCUT2D eigenvalue weighted by Gasteiger charge is -2.28. The molecule has 1 unspecified atom stereocenters. The number of nitrogens with one attached hydrogen (secondary N) is 2. The van der Waals surface area contributed by atoms with Crippen LogP contribution in [-0.4, -0.2) is 38.5 Å². The van der Waals surface area contributed by atoms with Crippen LogP contribution in [0.4, 0.5) is 9.59 Å². The van der Waals surface area contributed by atoms with E-state index < -0.39 is 12.2 Å². The van der Waals surface area contributed by atoms with Crippen LogP contribution in [0.25, 0.3) is 22.3 Å². The highest BCUT2D eigenvalue weighted by atomic mass is 16.6. The number of fused-ring (bicyclic) bond motifs is 6. The molecule has 0 heterocycles. The fourth-order valence-corrected chi connectivity index (χ4v) is 7.18. The summed E-state index contributed by atoms with van der Waals surface area (Å²) in [6, 6.07) is 33.3. The molecule has 0 fully saturated rings. The molecule has 2 aliphatic carbocycles. The maximum atomic E-state index is 12.6. The zero-order chi connectivity index (χ0) is 31.4. The van der Waals surface area contributed by atoms with Gasteiger partial charge in [-0.15, -0.1) is 0 Å². The Kier molecular flexibility index (Phi) is 8.92. The van der Waals surface area contributed by atoms with Crippen LogP contribution in [0.2, 0.25) is 0 Å². The molecule has 45 heavy (non-hydrogen) atoms. The van der Waals surface area contributed by atoms with Crippen LogP contribution in [0.3, 0.4) is 0 Å². The van der Waals surface area contributed by atoms with Crippen molar-refractivity contribution < 1.29 is 19.1 Å². The number of amides is 2. The molecule has 2 aliphatic rings. The van der Waals surface area contributed by atoms with Crippen molar-refractivity contribution in [2.75, 3.05) is 26.3 Å². The van der Waals surface area contributed by atoms with E-state index in [2.05, 4.69) is 79.9 Å². The van der Waals surface area contributed by atoms with Gasteiger partial charge in [-0.05, 0) is 68.7 Å². The predicted octanol–water partition coefficient (Wildman–Crippen LogP) is 8.51. The van der Waals surface area contributed by atoms with Gasteiger partial charge in [0, 0.05) is 24.9 Å². The minimum atomic E-state index is -0.391. The van der Waals surface area contributed by atoms with Crippen molar-refractivity contribution in [1.82, 2.24) is 10.6 Å². The smallest absolute Gasteiger partial charge is 0.407 e.